The molecule has 0 saturated carbocycles. The molecule has 0 aromatic heterocycles. The highest BCUT2D eigenvalue weighted by molar-refractivity contribution is 6.07. The number of nitrogen functional groups attached to an aromatic ring is 1. The first-order valence-corrected chi connectivity index (χ1v) is 5.08. The number of nitrogens with zero attached hydrogens (tertiary/aromatic N) is 1. The van der Waals surface area contributed by atoms with Crippen LogP contribution in [0, 0.1) is 0 Å². The van der Waals surface area contributed by atoms with E-state index in [-0.39, 0.29) is 12.3 Å². The second kappa shape index (κ2) is 4.29. The molecule has 1 aromatic carbocycles. The van der Waals surface area contributed by atoms with Crippen molar-refractivity contribution >= 4 is 23.3 Å². The SMILES string of the molecule is COC(=O)C1=CN(c2ccc(N)cc2)C(=O)C1. The van der Waals surface area contributed by atoms with Crippen LogP contribution in [0.4, 0.5) is 11.4 Å². The molecular formula is C12H12N2O3. The summed E-state index contributed by atoms with van der Waals surface area (Å²) in [5, 5.41) is 0. The van der Waals surface area contributed by atoms with Gasteiger partial charge in [0.05, 0.1) is 19.1 Å². The zero-order valence-corrected chi connectivity index (χ0v) is 9.34. The number of benzene rings is 1. The van der Waals surface area contributed by atoms with Crippen molar-refractivity contribution in [1.29, 1.82) is 0 Å². The van der Waals surface area contributed by atoms with Crippen molar-refractivity contribution in [3.63, 3.8) is 0 Å². The maximum absolute atomic E-state index is 11.7. The molecule has 0 saturated heterocycles. The Labute approximate surface area is 98.5 Å². The van der Waals surface area contributed by atoms with Crippen molar-refractivity contribution in [3.05, 3.63) is 36.0 Å². The van der Waals surface area contributed by atoms with E-state index in [2.05, 4.69) is 4.74 Å². The van der Waals surface area contributed by atoms with Gasteiger partial charge in [0.2, 0.25) is 5.91 Å². The van der Waals surface area contributed by atoms with Crippen molar-refractivity contribution in [3.8, 4) is 0 Å². The molecule has 5 nitrogen and oxygen atoms in total. The molecule has 2 rings (SSSR count). The highest BCUT2D eigenvalue weighted by atomic mass is 16.5. The lowest BCUT2D eigenvalue weighted by molar-refractivity contribution is -0.136. The Morgan fingerprint density at radius 1 is 1.35 bits per heavy atom. The lowest BCUT2D eigenvalue weighted by atomic mass is 10.2. The molecule has 0 fully saturated rings. The van der Waals surface area contributed by atoms with Gasteiger partial charge in [0.1, 0.15) is 0 Å². The van der Waals surface area contributed by atoms with E-state index < -0.39 is 5.97 Å². The van der Waals surface area contributed by atoms with E-state index in [0.29, 0.717) is 16.9 Å². The molecule has 88 valence electrons. The smallest absolute Gasteiger partial charge is 0.335 e. The number of nitrogens with two attached hydrogens (primary N) is 1. The summed E-state index contributed by atoms with van der Waals surface area (Å²) in [5.74, 6) is -0.633. The molecule has 0 atom stereocenters. The molecule has 1 aromatic rings. The molecule has 0 bridgehead atoms. The van der Waals surface area contributed by atoms with Crippen LogP contribution < -0.4 is 10.6 Å². The third kappa shape index (κ3) is 2.13. The topological polar surface area (TPSA) is 72.6 Å². The van der Waals surface area contributed by atoms with E-state index in [1.807, 2.05) is 0 Å². The quantitative estimate of drug-likeness (QED) is 0.611. The molecule has 0 spiro atoms. The molecule has 1 amide bonds. The van der Waals surface area contributed by atoms with E-state index in [4.69, 9.17) is 5.73 Å². The van der Waals surface area contributed by atoms with E-state index in [1.54, 1.807) is 24.3 Å². The average molecular weight is 232 g/mol. The van der Waals surface area contributed by atoms with Crippen LogP contribution in [0.1, 0.15) is 6.42 Å². The van der Waals surface area contributed by atoms with Gasteiger partial charge in [-0.1, -0.05) is 0 Å². The van der Waals surface area contributed by atoms with Gasteiger partial charge in [0.25, 0.3) is 0 Å². The van der Waals surface area contributed by atoms with E-state index in [1.165, 1.54) is 18.2 Å². The molecule has 0 aliphatic carbocycles. The standard InChI is InChI=1S/C12H12N2O3/c1-17-12(16)8-6-11(15)14(7-8)10-4-2-9(13)3-5-10/h2-5,7H,6,13H2,1H3. The summed E-state index contributed by atoms with van der Waals surface area (Å²) in [4.78, 5) is 24.4. The van der Waals surface area contributed by atoms with Gasteiger partial charge < -0.3 is 10.5 Å². The van der Waals surface area contributed by atoms with Crippen LogP contribution in [0.5, 0.6) is 0 Å². The largest absolute Gasteiger partial charge is 0.466 e. The highest BCUT2D eigenvalue weighted by Gasteiger charge is 2.27. The molecule has 1 aliphatic rings. The fourth-order valence-electron chi connectivity index (χ4n) is 1.63. The number of esters is 1. The van der Waals surface area contributed by atoms with E-state index in [0.717, 1.165) is 0 Å². The van der Waals surface area contributed by atoms with Crippen LogP contribution in [0.3, 0.4) is 0 Å². The van der Waals surface area contributed by atoms with Crippen LogP contribution in [-0.4, -0.2) is 19.0 Å². The predicted molar refractivity (Wildman–Crippen MR) is 63.1 cm³/mol. The van der Waals surface area contributed by atoms with Crippen LogP contribution in [0.15, 0.2) is 36.0 Å². The summed E-state index contributed by atoms with van der Waals surface area (Å²) in [6.07, 6.45) is 1.57. The number of methoxy groups -OCH3 is 1. The van der Waals surface area contributed by atoms with Crippen molar-refractivity contribution < 1.29 is 14.3 Å². The van der Waals surface area contributed by atoms with Crippen molar-refractivity contribution in [1.82, 2.24) is 0 Å². The summed E-state index contributed by atoms with van der Waals surface area (Å²) >= 11 is 0. The highest BCUT2D eigenvalue weighted by Crippen LogP contribution is 2.25. The summed E-state index contributed by atoms with van der Waals surface area (Å²) in [7, 11) is 1.29. The molecule has 17 heavy (non-hydrogen) atoms. The zero-order valence-electron chi connectivity index (χ0n) is 9.34. The first kappa shape index (κ1) is 11.2. The minimum atomic E-state index is -0.476. The number of carbonyl (C=O) groups is 2. The number of hydrogen-bond acceptors (Lipinski definition) is 4. The third-order valence-corrected chi connectivity index (χ3v) is 2.51. The number of anilines is 2. The number of carbonyl (C=O) groups excluding carboxylic acids is 2. The minimum Gasteiger partial charge on any atom is -0.466 e. The molecular weight excluding hydrogens is 220 g/mol. The summed E-state index contributed by atoms with van der Waals surface area (Å²) in [6.45, 7) is 0. The van der Waals surface area contributed by atoms with Gasteiger partial charge in [-0.15, -0.1) is 0 Å². The van der Waals surface area contributed by atoms with E-state index >= 15 is 0 Å². The van der Waals surface area contributed by atoms with Gasteiger partial charge >= 0.3 is 5.97 Å². The Kier molecular flexibility index (Phi) is 2.82. The normalized spacial score (nSPS) is 14.8. The van der Waals surface area contributed by atoms with Crippen LogP contribution in [-0.2, 0) is 14.3 Å². The molecule has 2 N–H and O–H groups in total. The monoisotopic (exact) mass is 232 g/mol. The van der Waals surface area contributed by atoms with Gasteiger partial charge in [-0.3, -0.25) is 9.69 Å². The lowest BCUT2D eigenvalue weighted by Gasteiger charge is -2.13. The number of rotatable bonds is 2. The van der Waals surface area contributed by atoms with Crippen LogP contribution in [0.25, 0.3) is 0 Å². The average Bonchev–Trinajstić information content (AvgIpc) is 2.71. The first-order chi connectivity index (χ1) is 8.11. The minimum absolute atomic E-state index is 0.0665. The van der Waals surface area contributed by atoms with Crippen LogP contribution in [0.2, 0.25) is 0 Å². The number of ether oxygens (including phenoxy) is 1. The second-order valence-corrected chi connectivity index (χ2v) is 3.68. The van der Waals surface area contributed by atoms with Crippen molar-refractivity contribution in [2.75, 3.05) is 17.7 Å². The molecule has 1 aliphatic heterocycles. The molecule has 0 unspecified atom stereocenters. The Balaban J connectivity index is 2.27. The van der Waals surface area contributed by atoms with Gasteiger partial charge in [-0.2, -0.15) is 0 Å². The lowest BCUT2D eigenvalue weighted by Crippen LogP contribution is -2.19. The van der Waals surface area contributed by atoms with Gasteiger partial charge in [-0.25, -0.2) is 4.79 Å². The second-order valence-electron chi connectivity index (χ2n) is 3.68. The predicted octanol–water partition coefficient (Wildman–Crippen LogP) is 1.06. The number of hydrogen-bond donors (Lipinski definition) is 1. The zero-order chi connectivity index (χ0) is 12.4. The first-order valence-electron chi connectivity index (χ1n) is 5.08. The summed E-state index contributed by atoms with van der Waals surface area (Å²) < 4.78 is 4.58. The molecule has 5 heteroatoms. The van der Waals surface area contributed by atoms with Crippen molar-refractivity contribution in [2.45, 2.75) is 6.42 Å². The Morgan fingerprint density at radius 2 is 2.00 bits per heavy atom. The van der Waals surface area contributed by atoms with Crippen LogP contribution >= 0.6 is 0 Å². The van der Waals surface area contributed by atoms with Gasteiger partial charge in [-0.05, 0) is 24.3 Å². The fourth-order valence-corrected chi connectivity index (χ4v) is 1.63. The molecule has 0 radical (unpaired) electrons. The van der Waals surface area contributed by atoms with E-state index in [9.17, 15) is 9.59 Å². The number of amides is 1. The maximum Gasteiger partial charge on any atom is 0.335 e. The summed E-state index contributed by atoms with van der Waals surface area (Å²) in [6, 6.07) is 6.85. The Hall–Kier alpha value is -2.30. The summed E-state index contributed by atoms with van der Waals surface area (Å²) in [5.41, 5.74) is 7.23. The Bertz CT molecular complexity index is 491. The van der Waals surface area contributed by atoms with Gasteiger partial charge in [0, 0.05) is 17.6 Å². The fraction of sp³-hybridized carbons (Fsp3) is 0.167. The van der Waals surface area contributed by atoms with Gasteiger partial charge in [0.15, 0.2) is 0 Å². The molecule has 1 heterocycles. The van der Waals surface area contributed by atoms with Crippen molar-refractivity contribution in [2.24, 2.45) is 0 Å². The Morgan fingerprint density at radius 3 is 2.59 bits per heavy atom. The maximum atomic E-state index is 11.7. The third-order valence-electron chi connectivity index (χ3n) is 2.51.